The predicted molar refractivity (Wildman–Crippen MR) is 111 cm³/mol. The molecule has 0 bridgehead atoms. The standard InChI is InChI=1S/C19H18ClN3O2S2/c1-25-16-10-9-14(20)12-15(16)17(24)21-18-22-23-19(27-18)26-11-5-8-13-6-3-2-4-7-13/h2-4,6-7,9-10,12H,5,8,11H2,1H3,(H,21,22,24). The number of nitrogens with zero attached hydrogens (tertiary/aromatic N) is 2. The summed E-state index contributed by atoms with van der Waals surface area (Å²) in [7, 11) is 1.51. The zero-order valence-corrected chi connectivity index (χ0v) is 17.0. The molecule has 0 atom stereocenters. The van der Waals surface area contributed by atoms with Crippen molar-refractivity contribution in [3.63, 3.8) is 0 Å². The third-order valence-electron chi connectivity index (χ3n) is 3.71. The average molecular weight is 420 g/mol. The van der Waals surface area contributed by atoms with Crippen LogP contribution in [0.15, 0.2) is 52.9 Å². The second kappa shape index (κ2) is 9.73. The van der Waals surface area contributed by atoms with Crippen molar-refractivity contribution in [3.8, 4) is 5.75 Å². The van der Waals surface area contributed by atoms with E-state index in [-0.39, 0.29) is 5.91 Å². The van der Waals surface area contributed by atoms with Gasteiger partial charge in [-0.3, -0.25) is 10.1 Å². The molecule has 0 saturated heterocycles. The third-order valence-corrected chi connectivity index (χ3v) is 6.00. The summed E-state index contributed by atoms with van der Waals surface area (Å²) in [6.07, 6.45) is 2.08. The van der Waals surface area contributed by atoms with Crippen molar-refractivity contribution in [2.45, 2.75) is 17.2 Å². The molecule has 0 unspecified atom stereocenters. The van der Waals surface area contributed by atoms with E-state index in [9.17, 15) is 4.79 Å². The molecule has 3 aromatic rings. The van der Waals surface area contributed by atoms with E-state index < -0.39 is 0 Å². The van der Waals surface area contributed by atoms with Gasteiger partial charge in [0, 0.05) is 10.8 Å². The minimum absolute atomic E-state index is 0.328. The molecule has 5 nitrogen and oxygen atoms in total. The van der Waals surface area contributed by atoms with Gasteiger partial charge in [-0.15, -0.1) is 10.2 Å². The SMILES string of the molecule is COc1ccc(Cl)cc1C(=O)Nc1nnc(SCCCc2ccccc2)s1. The number of aryl methyl sites for hydroxylation is 1. The fourth-order valence-electron chi connectivity index (χ4n) is 2.42. The molecule has 0 aliphatic carbocycles. The fraction of sp³-hybridized carbons (Fsp3) is 0.211. The molecule has 0 saturated carbocycles. The van der Waals surface area contributed by atoms with E-state index in [1.54, 1.807) is 30.0 Å². The Morgan fingerprint density at radius 3 is 2.81 bits per heavy atom. The molecule has 27 heavy (non-hydrogen) atoms. The number of amides is 1. The van der Waals surface area contributed by atoms with Crippen molar-refractivity contribution in [2.24, 2.45) is 0 Å². The van der Waals surface area contributed by atoms with Gasteiger partial charge < -0.3 is 4.74 Å². The van der Waals surface area contributed by atoms with E-state index in [1.807, 2.05) is 6.07 Å². The summed E-state index contributed by atoms with van der Waals surface area (Å²) < 4.78 is 6.04. The molecule has 0 radical (unpaired) electrons. The largest absolute Gasteiger partial charge is 0.496 e. The highest BCUT2D eigenvalue weighted by atomic mass is 35.5. The van der Waals surface area contributed by atoms with E-state index in [4.69, 9.17) is 16.3 Å². The first-order valence-electron chi connectivity index (χ1n) is 8.31. The summed E-state index contributed by atoms with van der Waals surface area (Å²) in [6, 6.07) is 15.3. The lowest BCUT2D eigenvalue weighted by Gasteiger charge is -2.07. The van der Waals surface area contributed by atoms with Gasteiger partial charge in [0.05, 0.1) is 12.7 Å². The lowest BCUT2D eigenvalue weighted by Crippen LogP contribution is -2.13. The summed E-state index contributed by atoms with van der Waals surface area (Å²) in [5, 5.41) is 11.8. The highest BCUT2D eigenvalue weighted by Gasteiger charge is 2.15. The van der Waals surface area contributed by atoms with Gasteiger partial charge >= 0.3 is 0 Å². The van der Waals surface area contributed by atoms with Crippen LogP contribution in [0.1, 0.15) is 22.3 Å². The van der Waals surface area contributed by atoms with Gasteiger partial charge in [0.15, 0.2) is 4.34 Å². The van der Waals surface area contributed by atoms with Gasteiger partial charge in [-0.25, -0.2) is 0 Å². The van der Waals surface area contributed by atoms with Crippen LogP contribution in [0.4, 0.5) is 5.13 Å². The first kappa shape index (κ1) is 19.7. The van der Waals surface area contributed by atoms with Gasteiger partial charge in [-0.05, 0) is 36.6 Å². The Morgan fingerprint density at radius 2 is 2.04 bits per heavy atom. The predicted octanol–water partition coefficient (Wildman–Crippen LogP) is 5.18. The number of anilines is 1. The maximum atomic E-state index is 12.5. The Kier molecular flexibility index (Phi) is 7.09. The third kappa shape index (κ3) is 5.69. The van der Waals surface area contributed by atoms with E-state index in [0.29, 0.717) is 21.5 Å². The van der Waals surface area contributed by atoms with E-state index in [1.165, 1.54) is 24.0 Å². The van der Waals surface area contributed by atoms with E-state index in [2.05, 4.69) is 39.8 Å². The van der Waals surface area contributed by atoms with Crippen LogP contribution in [0.3, 0.4) is 0 Å². The average Bonchev–Trinajstić information content (AvgIpc) is 3.13. The summed E-state index contributed by atoms with van der Waals surface area (Å²) >= 11 is 8.97. The van der Waals surface area contributed by atoms with Crippen LogP contribution < -0.4 is 10.1 Å². The normalized spacial score (nSPS) is 10.6. The monoisotopic (exact) mass is 419 g/mol. The number of hydrogen-bond donors (Lipinski definition) is 1. The Hall–Kier alpha value is -2.09. The molecular weight excluding hydrogens is 402 g/mol. The van der Waals surface area contributed by atoms with Crippen molar-refractivity contribution in [1.82, 2.24) is 10.2 Å². The minimum atomic E-state index is -0.328. The highest BCUT2D eigenvalue weighted by Crippen LogP contribution is 2.28. The quantitative estimate of drug-likeness (QED) is 0.309. The van der Waals surface area contributed by atoms with Crippen LogP contribution in [0.5, 0.6) is 5.75 Å². The summed E-state index contributed by atoms with van der Waals surface area (Å²) in [4.78, 5) is 12.5. The van der Waals surface area contributed by atoms with Crippen LogP contribution in [-0.4, -0.2) is 29.0 Å². The number of aromatic nitrogens is 2. The van der Waals surface area contributed by atoms with Gasteiger partial charge in [-0.2, -0.15) is 0 Å². The van der Waals surface area contributed by atoms with Gasteiger partial charge in [0.2, 0.25) is 5.13 Å². The molecule has 1 amide bonds. The van der Waals surface area contributed by atoms with Crippen LogP contribution in [-0.2, 0) is 6.42 Å². The van der Waals surface area contributed by atoms with Crippen molar-refractivity contribution >= 4 is 45.7 Å². The molecule has 0 aliphatic rings. The molecule has 1 aromatic heterocycles. The minimum Gasteiger partial charge on any atom is -0.496 e. The number of carbonyl (C=O) groups excluding carboxylic acids is 1. The highest BCUT2D eigenvalue weighted by molar-refractivity contribution is 8.01. The van der Waals surface area contributed by atoms with Gasteiger partial charge in [0.1, 0.15) is 5.75 Å². The van der Waals surface area contributed by atoms with Crippen molar-refractivity contribution < 1.29 is 9.53 Å². The van der Waals surface area contributed by atoms with E-state index >= 15 is 0 Å². The number of thioether (sulfide) groups is 1. The van der Waals surface area contributed by atoms with Gasteiger partial charge in [0.25, 0.3) is 5.91 Å². The number of methoxy groups -OCH3 is 1. The number of benzene rings is 2. The molecule has 0 fully saturated rings. The number of hydrogen-bond acceptors (Lipinski definition) is 6. The Morgan fingerprint density at radius 1 is 1.22 bits per heavy atom. The number of nitrogens with one attached hydrogen (secondary N) is 1. The molecule has 8 heteroatoms. The molecule has 0 spiro atoms. The zero-order valence-electron chi connectivity index (χ0n) is 14.6. The zero-order chi connectivity index (χ0) is 19.1. The van der Waals surface area contributed by atoms with Crippen LogP contribution in [0.25, 0.3) is 0 Å². The smallest absolute Gasteiger partial charge is 0.261 e. The lowest BCUT2D eigenvalue weighted by atomic mass is 10.1. The summed E-state index contributed by atoms with van der Waals surface area (Å²) in [5.41, 5.74) is 1.69. The molecule has 1 heterocycles. The number of carbonyl (C=O) groups is 1. The van der Waals surface area contributed by atoms with Crippen molar-refractivity contribution in [3.05, 3.63) is 64.7 Å². The van der Waals surface area contributed by atoms with Crippen LogP contribution in [0.2, 0.25) is 5.02 Å². The van der Waals surface area contributed by atoms with E-state index in [0.717, 1.165) is 22.9 Å². The first-order chi connectivity index (χ1) is 13.2. The number of rotatable bonds is 8. The Balaban J connectivity index is 1.52. The molecular formula is C19H18ClN3O2S2. The van der Waals surface area contributed by atoms with Crippen LogP contribution >= 0.6 is 34.7 Å². The Labute approximate surface area is 171 Å². The maximum Gasteiger partial charge on any atom is 0.261 e. The van der Waals surface area contributed by atoms with Crippen LogP contribution in [0, 0.1) is 0 Å². The fourth-order valence-corrected chi connectivity index (χ4v) is 4.35. The lowest BCUT2D eigenvalue weighted by molar-refractivity contribution is 0.102. The molecule has 2 aromatic carbocycles. The second-order valence-electron chi connectivity index (χ2n) is 5.61. The summed E-state index contributed by atoms with van der Waals surface area (Å²) in [6.45, 7) is 0. The maximum absolute atomic E-state index is 12.5. The summed E-state index contributed by atoms with van der Waals surface area (Å²) in [5.74, 6) is 1.07. The topological polar surface area (TPSA) is 64.1 Å². The van der Waals surface area contributed by atoms with Crippen molar-refractivity contribution in [2.75, 3.05) is 18.2 Å². The van der Waals surface area contributed by atoms with Crippen molar-refractivity contribution in [1.29, 1.82) is 0 Å². The first-order valence-corrected chi connectivity index (χ1v) is 10.5. The molecule has 0 aliphatic heterocycles. The molecule has 3 rings (SSSR count). The Bertz CT molecular complexity index is 903. The number of halogens is 1. The second-order valence-corrected chi connectivity index (χ2v) is 8.37. The number of ether oxygens (including phenoxy) is 1. The molecule has 140 valence electrons. The molecule has 1 N–H and O–H groups in total. The van der Waals surface area contributed by atoms with Gasteiger partial charge in [-0.1, -0.05) is 65.0 Å².